The molecule has 0 saturated heterocycles. The molecular weight excluding hydrogens is 271 g/mol. The lowest BCUT2D eigenvalue weighted by Gasteiger charge is -2.12. The average Bonchev–Trinajstić information content (AvgIpc) is 2.37. The van der Waals surface area contributed by atoms with Crippen LogP contribution in [0.2, 0.25) is 0 Å². The first kappa shape index (κ1) is 14.0. The van der Waals surface area contributed by atoms with Gasteiger partial charge in [0.2, 0.25) is 0 Å². The summed E-state index contributed by atoms with van der Waals surface area (Å²) in [5, 5.41) is 9.06. The van der Waals surface area contributed by atoms with Crippen molar-refractivity contribution in [1.29, 1.82) is 0 Å². The van der Waals surface area contributed by atoms with Gasteiger partial charge < -0.3 is 5.11 Å². The summed E-state index contributed by atoms with van der Waals surface area (Å²) < 4.78 is 37.8. The maximum absolute atomic E-state index is 12.6. The van der Waals surface area contributed by atoms with Crippen molar-refractivity contribution in [1.82, 2.24) is 4.98 Å². The van der Waals surface area contributed by atoms with Crippen molar-refractivity contribution < 1.29 is 23.1 Å². The first-order valence-corrected chi connectivity index (χ1v) is 5.67. The second-order valence-electron chi connectivity index (χ2n) is 4.23. The van der Waals surface area contributed by atoms with E-state index in [-0.39, 0.29) is 5.69 Å². The van der Waals surface area contributed by atoms with Crippen LogP contribution in [0.3, 0.4) is 0 Å². The maximum atomic E-state index is 12.6. The first-order valence-electron chi connectivity index (χ1n) is 5.67. The lowest BCUT2D eigenvalue weighted by Crippen LogP contribution is -2.06. The minimum atomic E-state index is -4.42. The van der Waals surface area contributed by atoms with Crippen LogP contribution in [0.1, 0.15) is 21.6 Å². The van der Waals surface area contributed by atoms with Crippen LogP contribution in [0.15, 0.2) is 36.5 Å². The van der Waals surface area contributed by atoms with E-state index in [4.69, 9.17) is 5.11 Å². The Labute approximate surface area is 112 Å². The average molecular weight is 281 g/mol. The highest BCUT2D eigenvalue weighted by atomic mass is 19.4. The molecule has 0 radical (unpaired) electrons. The third-order valence-electron chi connectivity index (χ3n) is 2.85. The standard InChI is InChI=1S/C14H10F3NO2/c1-8-7-9(14(15,16)17)4-5-10(8)11-3-2-6-18-12(11)13(19)20/h2-7H,1H3,(H,19,20). The summed E-state index contributed by atoms with van der Waals surface area (Å²) in [6.07, 6.45) is -3.10. The lowest BCUT2D eigenvalue weighted by molar-refractivity contribution is -0.137. The molecule has 0 spiro atoms. The molecule has 0 bridgehead atoms. The molecule has 6 heteroatoms. The number of aromatic nitrogens is 1. The molecule has 1 heterocycles. The topological polar surface area (TPSA) is 50.2 Å². The number of carboxylic acid groups (broad SMARTS) is 1. The molecule has 1 N–H and O–H groups in total. The van der Waals surface area contributed by atoms with Crippen molar-refractivity contribution in [2.45, 2.75) is 13.1 Å². The molecule has 0 aliphatic heterocycles. The Morgan fingerprint density at radius 1 is 1.20 bits per heavy atom. The van der Waals surface area contributed by atoms with Crippen LogP contribution < -0.4 is 0 Å². The number of aromatic carboxylic acids is 1. The molecule has 0 saturated carbocycles. The smallest absolute Gasteiger partial charge is 0.416 e. The van der Waals surface area contributed by atoms with Crippen LogP contribution in [-0.2, 0) is 6.18 Å². The van der Waals surface area contributed by atoms with Gasteiger partial charge in [-0.25, -0.2) is 9.78 Å². The van der Waals surface area contributed by atoms with E-state index in [2.05, 4.69) is 4.98 Å². The van der Waals surface area contributed by atoms with Gasteiger partial charge in [0, 0.05) is 11.8 Å². The van der Waals surface area contributed by atoms with Gasteiger partial charge in [0.15, 0.2) is 5.69 Å². The Morgan fingerprint density at radius 2 is 1.90 bits per heavy atom. The largest absolute Gasteiger partial charge is 0.476 e. The summed E-state index contributed by atoms with van der Waals surface area (Å²) in [5.41, 5.74) is 0.111. The minimum Gasteiger partial charge on any atom is -0.476 e. The van der Waals surface area contributed by atoms with Crippen LogP contribution in [0.4, 0.5) is 13.2 Å². The Kier molecular flexibility index (Phi) is 3.48. The van der Waals surface area contributed by atoms with Gasteiger partial charge in [0.1, 0.15) is 0 Å². The van der Waals surface area contributed by atoms with Crippen molar-refractivity contribution in [3.8, 4) is 11.1 Å². The van der Waals surface area contributed by atoms with Gasteiger partial charge in [-0.3, -0.25) is 0 Å². The van der Waals surface area contributed by atoms with Gasteiger partial charge in [-0.15, -0.1) is 0 Å². The van der Waals surface area contributed by atoms with Crippen molar-refractivity contribution in [2.75, 3.05) is 0 Å². The van der Waals surface area contributed by atoms with E-state index in [0.29, 0.717) is 16.7 Å². The molecular formula is C14H10F3NO2. The van der Waals surface area contributed by atoms with Gasteiger partial charge in [-0.1, -0.05) is 12.1 Å². The van der Waals surface area contributed by atoms with Crippen LogP contribution in [0.5, 0.6) is 0 Å². The zero-order valence-corrected chi connectivity index (χ0v) is 10.4. The van der Waals surface area contributed by atoms with Crippen molar-refractivity contribution in [3.63, 3.8) is 0 Å². The van der Waals surface area contributed by atoms with Crippen LogP contribution in [0.25, 0.3) is 11.1 Å². The number of halogens is 3. The van der Waals surface area contributed by atoms with E-state index in [1.54, 1.807) is 6.07 Å². The summed E-state index contributed by atoms with van der Waals surface area (Å²) in [4.78, 5) is 14.8. The molecule has 0 unspecified atom stereocenters. The summed E-state index contributed by atoms with van der Waals surface area (Å²) in [7, 11) is 0. The predicted octanol–water partition coefficient (Wildman–Crippen LogP) is 3.77. The second kappa shape index (κ2) is 4.96. The summed E-state index contributed by atoms with van der Waals surface area (Å²) >= 11 is 0. The molecule has 0 aliphatic carbocycles. The first-order chi connectivity index (χ1) is 9.30. The fourth-order valence-corrected chi connectivity index (χ4v) is 1.94. The molecule has 104 valence electrons. The molecule has 1 aromatic carbocycles. The zero-order valence-electron chi connectivity index (χ0n) is 10.4. The van der Waals surface area contributed by atoms with Crippen LogP contribution >= 0.6 is 0 Å². The monoisotopic (exact) mass is 281 g/mol. The van der Waals surface area contributed by atoms with E-state index >= 15 is 0 Å². The Bertz CT molecular complexity index is 666. The van der Waals surface area contributed by atoms with Gasteiger partial charge in [-0.2, -0.15) is 13.2 Å². The predicted molar refractivity (Wildman–Crippen MR) is 66.4 cm³/mol. The second-order valence-corrected chi connectivity index (χ2v) is 4.23. The molecule has 2 rings (SSSR count). The number of rotatable bonds is 2. The van der Waals surface area contributed by atoms with E-state index in [0.717, 1.165) is 12.1 Å². The minimum absolute atomic E-state index is 0.185. The number of hydrogen-bond donors (Lipinski definition) is 1. The Morgan fingerprint density at radius 3 is 2.45 bits per heavy atom. The van der Waals surface area contributed by atoms with E-state index < -0.39 is 17.7 Å². The fourth-order valence-electron chi connectivity index (χ4n) is 1.94. The van der Waals surface area contributed by atoms with Gasteiger partial charge in [0.05, 0.1) is 5.56 Å². The molecule has 2 aromatic rings. The van der Waals surface area contributed by atoms with Gasteiger partial charge in [0.25, 0.3) is 0 Å². The molecule has 1 aromatic heterocycles. The fraction of sp³-hybridized carbons (Fsp3) is 0.143. The van der Waals surface area contributed by atoms with Gasteiger partial charge >= 0.3 is 12.1 Å². The molecule has 20 heavy (non-hydrogen) atoms. The summed E-state index contributed by atoms with van der Waals surface area (Å²) in [6.45, 7) is 1.50. The maximum Gasteiger partial charge on any atom is 0.416 e. The van der Waals surface area contributed by atoms with E-state index in [1.807, 2.05) is 0 Å². The SMILES string of the molecule is Cc1cc(C(F)(F)F)ccc1-c1cccnc1C(=O)O. The third kappa shape index (κ3) is 2.64. The normalized spacial score (nSPS) is 11.4. The number of nitrogens with zero attached hydrogens (tertiary/aromatic N) is 1. The number of benzene rings is 1. The van der Waals surface area contributed by atoms with Crippen molar-refractivity contribution in [2.24, 2.45) is 0 Å². The Hall–Kier alpha value is -2.37. The highest BCUT2D eigenvalue weighted by molar-refractivity contribution is 5.94. The lowest BCUT2D eigenvalue weighted by atomic mass is 9.97. The molecule has 0 fully saturated rings. The molecule has 0 aliphatic rings. The van der Waals surface area contributed by atoms with Crippen LogP contribution in [-0.4, -0.2) is 16.1 Å². The molecule has 3 nitrogen and oxygen atoms in total. The molecule has 0 atom stereocenters. The number of aryl methyl sites for hydroxylation is 1. The highest BCUT2D eigenvalue weighted by Crippen LogP contribution is 2.33. The van der Waals surface area contributed by atoms with Crippen LogP contribution in [0, 0.1) is 6.92 Å². The number of carbonyl (C=O) groups is 1. The zero-order chi connectivity index (χ0) is 14.9. The van der Waals surface area contributed by atoms with Crippen molar-refractivity contribution in [3.05, 3.63) is 53.3 Å². The Balaban J connectivity index is 2.58. The van der Waals surface area contributed by atoms with Gasteiger partial charge in [-0.05, 0) is 36.2 Å². The summed E-state index contributed by atoms with van der Waals surface area (Å²) in [5.74, 6) is -1.22. The third-order valence-corrected chi connectivity index (χ3v) is 2.85. The summed E-state index contributed by atoms with van der Waals surface area (Å²) in [6, 6.07) is 6.25. The van der Waals surface area contributed by atoms with E-state index in [9.17, 15) is 18.0 Å². The van der Waals surface area contributed by atoms with E-state index in [1.165, 1.54) is 25.3 Å². The van der Waals surface area contributed by atoms with Crippen molar-refractivity contribution >= 4 is 5.97 Å². The quantitative estimate of drug-likeness (QED) is 0.911. The number of alkyl halides is 3. The molecule has 0 amide bonds. The number of pyridine rings is 1. The number of carboxylic acids is 1. The number of hydrogen-bond acceptors (Lipinski definition) is 2. The highest BCUT2D eigenvalue weighted by Gasteiger charge is 2.30.